The van der Waals surface area contributed by atoms with Crippen LogP contribution >= 0.6 is 0 Å². The maximum atomic E-state index is 12.7. The van der Waals surface area contributed by atoms with Gasteiger partial charge in [-0.3, -0.25) is 14.9 Å². The van der Waals surface area contributed by atoms with Gasteiger partial charge in [0.25, 0.3) is 15.7 Å². The summed E-state index contributed by atoms with van der Waals surface area (Å²) in [7, 11) is -4.14. The highest BCUT2D eigenvalue weighted by Crippen LogP contribution is 2.29. The molecule has 0 aliphatic carbocycles. The molecule has 0 saturated carbocycles. The van der Waals surface area contributed by atoms with E-state index in [1.54, 1.807) is 24.3 Å². The predicted octanol–water partition coefficient (Wildman–Crippen LogP) is 1.98. The third-order valence-corrected chi connectivity index (χ3v) is 5.50. The van der Waals surface area contributed by atoms with Crippen LogP contribution in [-0.4, -0.2) is 30.0 Å². The van der Waals surface area contributed by atoms with Crippen LogP contribution in [0.15, 0.2) is 53.4 Å². The van der Waals surface area contributed by atoms with Gasteiger partial charge in [-0.1, -0.05) is 36.4 Å². The molecule has 0 atom stereocenters. The van der Waals surface area contributed by atoms with Crippen molar-refractivity contribution in [1.29, 1.82) is 0 Å². The Balaban J connectivity index is 2.06. The molecule has 3 rings (SSSR count). The number of fused-ring (bicyclic) bond motifs is 1. The quantitative estimate of drug-likeness (QED) is 0.632. The number of nitrogens with zero attached hydrogens (tertiary/aromatic N) is 2. The molecule has 23 heavy (non-hydrogen) atoms. The van der Waals surface area contributed by atoms with Crippen LogP contribution in [0.25, 0.3) is 0 Å². The normalized spacial score (nSPS) is 15.2. The first-order valence-electron chi connectivity index (χ1n) is 6.76. The van der Waals surface area contributed by atoms with E-state index in [9.17, 15) is 23.3 Å². The molecular formula is C15H12N2O5S. The summed E-state index contributed by atoms with van der Waals surface area (Å²) in [5.74, 6) is -0.325. The van der Waals surface area contributed by atoms with E-state index < -0.39 is 25.5 Å². The van der Waals surface area contributed by atoms with Crippen molar-refractivity contribution in [3.05, 3.63) is 69.8 Å². The highest BCUT2D eigenvalue weighted by molar-refractivity contribution is 7.89. The highest BCUT2D eigenvalue weighted by Gasteiger charge is 2.35. The van der Waals surface area contributed by atoms with Crippen molar-refractivity contribution in [2.24, 2.45) is 0 Å². The van der Waals surface area contributed by atoms with Crippen LogP contribution in [0.3, 0.4) is 0 Å². The molecule has 2 aromatic rings. The summed E-state index contributed by atoms with van der Waals surface area (Å²) in [6, 6.07) is 11.9. The lowest BCUT2D eigenvalue weighted by atomic mass is 10.0. The second-order valence-electron chi connectivity index (χ2n) is 5.08. The second-order valence-corrected chi connectivity index (χ2v) is 6.98. The van der Waals surface area contributed by atoms with Gasteiger partial charge >= 0.3 is 0 Å². The van der Waals surface area contributed by atoms with Crippen LogP contribution in [-0.2, 0) is 16.6 Å². The lowest BCUT2D eigenvalue weighted by molar-refractivity contribution is -0.387. The van der Waals surface area contributed by atoms with Gasteiger partial charge in [-0.25, -0.2) is 8.42 Å². The minimum absolute atomic E-state index is 0.0102. The molecule has 7 nitrogen and oxygen atoms in total. The van der Waals surface area contributed by atoms with Gasteiger partial charge in [0.1, 0.15) is 0 Å². The number of nitro benzene ring substituents is 1. The summed E-state index contributed by atoms with van der Waals surface area (Å²) in [4.78, 5) is 22.1. The largest absolute Gasteiger partial charge is 0.293 e. The maximum absolute atomic E-state index is 12.7. The average Bonchev–Trinajstić information content (AvgIpc) is 2.54. The topological polar surface area (TPSA) is 97.6 Å². The summed E-state index contributed by atoms with van der Waals surface area (Å²) in [6.07, 6.45) is 0. The van der Waals surface area contributed by atoms with Crippen molar-refractivity contribution >= 4 is 21.5 Å². The highest BCUT2D eigenvalue weighted by atomic mass is 32.2. The Kier molecular flexibility index (Phi) is 3.70. The van der Waals surface area contributed by atoms with Gasteiger partial charge in [-0.2, -0.15) is 4.31 Å². The number of hydrogen-bond acceptors (Lipinski definition) is 5. The molecule has 0 bridgehead atoms. The number of Topliss-reactive ketones (excluding diaryl/α,β-unsaturated/α-hetero) is 1. The third-order valence-electron chi connectivity index (χ3n) is 3.66. The van der Waals surface area contributed by atoms with Gasteiger partial charge < -0.3 is 0 Å². The fourth-order valence-electron chi connectivity index (χ4n) is 2.56. The van der Waals surface area contributed by atoms with Crippen LogP contribution < -0.4 is 0 Å². The summed E-state index contributed by atoms with van der Waals surface area (Å²) in [5, 5.41) is 11.1. The van der Waals surface area contributed by atoms with E-state index in [4.69, 9.17) is 0 Å². The molecule has 0 spiro atoms. The lowest BCUT2D eigenvalue weighted by Gasteiger charge is -2.26. The minimum atomic E-state index is -4.14. The molecule has 1 heterocycles. The SMILES string of the molecule is O=C1CN(S(=O)(=O)c2ccccc2[N+](=O)[O-])Cc2ccccc21. The Morgan fingerprint density at radius 3 is 2.39 bits per heavy atom. The number of carbonyl (C=O) groups excluding carboxylic acids is 1. The molecule has 0 N–H and O–H groups in total. The smallest absolute Gasteiger partial charge is 0.289 e. The predicted molar refractivity (Wildman–Crippen MR) is 81.5 cm³/mol. The Hall–Kier alpha value is -2.58. The minimum Gasteiger partial charge on any atom is -0.293 e. The van der Waals surface area contributed by atoms with Crippen molar-refractivity contribution in [2.45, 2.75) is 11.4 Å². The van der Waals surface area contributed by atoms with Crippen molar-refractivity contribution in [1.82, 2.24) is 4.31 Å². The molecule has 0 saturated heterocycles. The first kappa shape index (κ1) is 15.3. The summed E-state index contributed by atoms with van der Waals surface area (Å²) < 4.78 is 26.4. The van der Waals surface area contributed by atoms with Gasteiger partial charge in [0.15, 0.2) is 10.7 Å². The summed E-state index contributed by atoms with van der Waals surface area (Å²) in [5.41, 5.74) is 0.575. The second kappa shape index (κ2) is 5.56. The number of carbonyl (C=O) groups is 1. The van der Waals surface area contributed by atoms with Gasteiger partial charge in [0.05, 0.1) is 11.5 Å². The number of rotatable bonds is 3. The Morgan fingerprint density at radius 2 is 1.65 bits per heavy atom. The molecule has 0 radical (unpaired) electrons. The van der Waals surface area contributed by atoms with Crippen molar-refractivity contribution < 1.29 is 18.1 Å². The van der Waals surface area contributed by atoms with E-state index in [-0.39, 0.29) is 18.9 Å². The van der Waals surface area contributed by atoms with E-state index in [1.807, 2.05) is 0 Å². The average molecular weight is 332 g/mol. The third kappa shape index (κ3) is 2.62. The van der Waals surface area contributed by atoms with Crippen LogP contribution in [0.1, 0.15) is 15.9 Å². The van der Waals surface area contributed by atoms with E-state index in [0.29, 0.717) is 11.1 Å². The Bertz CT molecular complexity index is 908. The fraction of sp³-hybridized carbons (Fsp3) is 0.133. The molecule has 8 heteroatoms. The van der Waals surface area contributed by atoms with E-state index in [2.05, 4.69) is 0 Å². The van der Waals surface area contributed by atoms with Gasteiger partial charge in [-0.05, 0) is 11.6 Å². The molecule has 1 aliphatic rings. The standard InChI is InChI=1S/C15H12N2O5S/c18-14-10-16(9-11-5-1-2-6-12(11)14)23(21,22)15-8-4-3-7-13(15)17(19)20/h1-8H,9-10H2. The van der Waals surface area contributed by atoms with E-state index >= 15 is 0 Å². The fourth-order valence-corrected chi connectivity index (χ4v) is 4.09. The Labute approximate surface area is 132 Å². The van der Waals surface area contributed by atoms with Crippen molar-refractivity contribution in [3.63, 3.8) is 0 Å². The number of nitro groups is 1. The number of para-hydroxylation sites is 1. The molecule has 1 aliphatic heterocycles. The molecule has 0 unspecified atom stereocenters. The van der Waals surface area contributed by atoms with Gasteiger partial charge in [-0.15, -0.1) is 0 Å². The van der Waals surface area contributed by atoms with Crippen molar-refractivity contribution in [3.8, 4) is 0 Å². The first-order chi connectivity index (χ1) is 10.9. The molecule has 118 valence electrons. The van der Waals surface area contributed by atoms with Crippen LogP contribution in [0.5, 0.6) is 0 Å². The van der Waals surface area contributed by atoms with Crippen LogP contribution in [0.2, 0.25) is 0 Å². The number of ketones is 1. The maximum Gasteiger partial charge on any atom is 0.289 e. The lowest BCUT2D eigenvalue weighted by Crippen LogP contribution is -2.39. The van der Waals surface area contributed by atoms with Crippen LogP contribution in [0.4, 0.5) is 5.69 Å². The zero-order chi connectivity index (χ0) is 16.6. The molecule has 0 fully saturated rings. The molecular weight excluding hydrogens is 320 g/mol. The number of benzene rings is 2. The Morgan fingerprint density at radius 1 is 1.00 bits per heavy atom. The number of sulfonamides is 1. The number of hydrogen-bond donors (Lipinski definition) is 0. The van der Waals surface area contributed by atoms with Gasteiger partial charge in [0, 0.05) is 18.2 Å². The summed E-state index contributed by atoms with van der Waals surface area (Å²) in [6.45, 7) is -0.318. The molecule has 0 aromatic heterocycles. The first-order valence-corrected chi connectivity index (χ1v) is 8.20. The van der Waals surface area contributed by atoms with E-state index in [1.165, 1.54) is 18.2 Å². The monoisotopic (exact) mass is 332 g/mol. The molecule has 0 amide bonds. The van der Waals surface area contributed by atoms with E-state index in [0.717, 1.165) is 10.4 Å². The zero-order valence-electron chi connectivity index (χ0n) is 11.9. The zero-order valence-corrected chi connectivity index (χ0v) is 12.7. The molecule has 2 aromatic carbocycles. The van der Waals surface area contributed by atoms with Crippen LogP contribution in [0, 0.1) is 10.1 Å². The summed E-state index contributed by atoms with van der Waals surface area (Å²) >= 11 is 0. The van der Waals surface area contributed by atoms with Gasteiger partial charge in [0.2, 0.25) is 0 Å². The van der Waals surface area contributed by atoms with Crippen molar-refractivity contribution in [2.75, 3.05) is 6.54 Å².